The first-order chi connectivity index (χ1) is 6.83. The Bertz CT molecular complexity index is 275. The summed E-state index contributed by atoms with van der Waals surface area (Å²) in [6, 6.07) is 0. The summed E-state index contributed by atoms with van der Waals surface area (Å²) in [5.74, 6) is 0.394. The van der Waals surface area contributed by atoms with Crippen LogP contribution in [0.25, 0.3) is 0 Å². The molecule has 0 fully saturated rings. The largest absolute Gasteiger partial charge is 0.378 e. The first-order valence-electron chi connectivity index (χ1n) is 4.79. The zero-order valence-electron chi connectivity index (χ0n) is 8.66. The zero-order chi connectivity index (χ0) is 10.4. The fourth-order valence-electron chi connectivity index (χ4n) is 1.25. The van der Waals surface area contributed by atoms with Gasteiger partial charge < -0.3 is 4.74 Å². The summed E-state index contributed by atoms with van der Waals surface area (Å²) >= 11 is 5.74. The van der Waals surface area contributed by atoms with Gasteiger partial charge in [0.15, 0.2) is 0 Å². The van der Waals surface area contributed by atoms with E-state index in [1.54, 1.807) is 7.11 Å². The number of rotatable bonds is 6. The molecule has 0 aliphatic rings. The van der Waals surface area contributed by atoms with Gasteiger partial charge in [-0.15, -0.1) is 16.7 Å². The van der Waals surface area contributed by atoms with Crippen LogP contribution in [0.3, 0.4) is 0 Å². The van der Waals surface area contributed by atoms with Crippen molar-refractivity contribution in [3.05, 3.63) is 11.4 Å². The van der Waals surface area contributed by atoms with Gasteiger partial charge in [0, 0.05) is 13.7 Å². The number of aromatic nitrogens is 3. The zero-order valence-corrected chi connectivity index (χ0v) is 9.42. The molecule has 0 radical (unpaired) electrons. The lowest BCUT2D eigenvalue weighted by atomic mass is 10.3. The predicted molar refractivity (Wildman–Crippen MR) is 55.2 cm³/mol. The van der Waals surface area contributed by atoms with E-state index in [4.69, 9.17) is 16.3 Å². The number of alkyl halides is 1. The number of hydrogen-bond acceptors (Lipinski definition) is 3. The van der Waals surface area contributed by atoms with E-state index in [2.05, 4.69) is 17.2 Å². The van der Waals surface area contributed by atoms with Gasteiger partial charge in [0.1, 0.15) is 5.69 Å². The first kappa shape index (κ1) is 11.5. The summed E-state index contributed by atoms with van der Waals surface area (Å²) < 4.78 is 6.97. The number of hydrogen-bond donors (Lipinski definition) is 0. The lowest BCUT2D eigenvalue weighted by Gasteiger charge is -2.05. The molecule has 5 heteroatoms. The molecule has 1 heterocycles. The molecule has 0 saturated heterocycles. The highest BCUT2D eigenvalue weighted by atomic mass is 35.5. The summed E-state index contributed by atoms with van der Waals surface area (Å²) in [5, 5.41) is 8.05. The molecule has 0 bridgehead atoms. The van der Waals surface area contributed by atoms with Crippen molar-refractivity contribution in [3.8, 4) is 0 Å². The van der Waals surface area contributed by atoms with Crippen molar-refractivity contribution in [1.29, 1.82) is 0 Å². The Morgan fingerprint density at radius 2 is 2.29 bits per heavy atom. The monoisotopic (exact) mass is 217 g/mol. The van der Waals surface area contributed by atoms with Gasteiger partial charge in [0.2, 0.25) is 0 Å². The van der Waals surface area contributed by atoms with E-state index in [1.165, 1.54) is 0 Å². The molecule has 0 aliphatic heterocycles. The van der Waals surface area contributed by atoms with Crippen LogP contribution >= 0.6 is 11.6 Å². The molecule has 0 atom stereocenters. The molecule has 0 saturated carbocycles. The molecular weight excluding hydrogens is 202 g/mol. The molecule has 1 aromatic rings. The summed E-state index contributed by atoms with van der Waals surface area (Å²) in [5.41, 5.74) is 1.82. The van der Waals surface area contributed by atoms with Gasteiger partial charge in [-0.1, -0.05) is 18.6 Å². The molecule has 1 rings (SSSR count). The fraction of sp³-hybridized carbons (Fsp3) is 0.778. The number of nitrogens with zero attached hydrogens (tertiary/aromatic N) is 3. The Morgan fingerprint density at radius 1 is 1.50 bits per heavy atom. The molecule has 0 aliphatic carbocycles. The van der Waals surface area contributed by atoms with Crippen LogP contribution in [-0.4, -0.2) is 22.1 Å². The van der Waals surface area contributed by atoms with E-state index in [0.717, 1.165) is 30.8 Å². The lowest BCUT2D eigenvalue weighted by Crippen LogP contribution is -2.07. The van der Waals surface area contributed by atoms with E-state index >= 15 is 0 Å². The van der Waals surface area contributed by atoms with E-state index in [9.17, 15) is 0 Å². The fourth-order valence-corrected chi connectivity index (χ4v) is 1.46. The second kappa shape index (κ2) is 5.98. The van der Waals surface area contributed by atoms with Crippen LogP contribution in [-0.2, 0) is 23.8 Å². The van der Waals surface area contributed by atoms with Crippen molar-refractivity contribution >= 4 is 11.6 Å². The highest BCUT2D eigenvalue weighted by Gasteiger charge is 2.10. The number of aryl methyl sites for hydroxylation is 1. The molecule has 0 unspecified atom stereocenters. The minimum absolute atomic E-state index is 0.394. The average molecular weight is 218 g/mol. The van der Waals surface area contributed by atoms with Crippen molar-refractivity contribution in [2.45, 2.75) is 38.8 Å². The Labute approximate surface area is 89.2 Å². The molecule has 80 valence electrons. The first-order valence-corrected chi connectivity index (χ1v) is 5.33. The van der Waals surface area contributed by atoms with Crippen LogP contribution in [0, 0.1) is 0 Å². The Kier molecular flexibility index (Phi) is 4.90. The maximum Gasteiger partial charge on any atom is 0.103 e. The summed E-state index contributed by atoms with van der Waals surface area (Å²) in [4.78, 5) is 0. The van der Waals surface area contributed by atoms with Gasteiger partial charge in [-0.25, -0.2) is 4.68 Å². The van der Waals surface area contributed by atoms with Crippen LogP contribution in [0.15, 0.2) is 0 Å². The summed E-state index contributed by atoms with van der Waals surface area (Å²) in [6.07, 6.45) is 2.24. The third-order valence-corrected chi connectivity index (χ3v) is 2.30. The van der Waals surface area contributed by atoms with Gasteiger partial charge in [0.05, 0.1) is 18.2 Å². The van der Waals surface area contributed by atoms with Crippen LogP contribution in [0.2, 0.25) is 0 Å². The van der Waals surface area contributed by atoms with E-state index < -0.39 is 0 Å². The van der Waals surface area contributed by atoms with Crippen molar-refractivity contribution in [3.63, 3.8) is 0 Å². The molecule has 0 N–H and O–H groups in total. The van der Waals surface area contributed by atoms with Crippen molar-refractivity contribution in [2.75, 3.05) is 7.11 Å². The maximum absolute atomic E-state index is 5.74. The van der Waals surface area contributed by atoms with Gasteiger partial charge in [-0.3, -0.25) is 0 Å². The lowest BCUT2D eigenvalue weighted by molar-refractivity contribution is 0.175. The number of halogens is 1. The number of ether oxygens (including phenoxy) is 1. The van der Waals surface area contributed by atoms with Gasteiger partial charge in [-0.2, -0.15) is 0 Å². The normalized spacial score (nSPS) is 10.8. The van der Waals surface area contributed by atoms with Crippen LogP contribution in [0.4, 0.5) is 0 Å². The predicted octanol–water partition coefficient (Wildman–Crippen LogP) is 1.96. The van der Waals surface area contributed by atoms with Gasteiger partial charge in [0.25, 0.3) is 0 Å². The molecule has 0 spiro atoms. The van der Waals surface area contributed by atoms with E-state index in [-0.39, 0.29) is 0 Å². The Hall–Kier alpha value is -0.610. The topological polar surface area (TPSA) is 39.9 Å². The van der Waals surface area contributed by atoms with E-state index in [1.807, 2.05) is 4.68 Å². The second-order valence-corrected chi connectivity index (χ2v) is 3.39. The minimum atomic E-state index is 0.394. The third-order valence-electron chi connectivity index (χ3n) is 2.05. The van der Waals surface area contributed by atoms with Crippen molar-refractivity contribution in [1.82, 2.24) is 15.0 Å². The Morgan fingerprint density at radius 3 is 2.86 bits per heavy atom. The number of unbranched alkanes of at least 4 members (excludes halogenated alkanes) is 1. The van der Waals surface area contributed by atoms with Gasteiger partial charge >= 0.3 is 0 Å². The Balaban J connectivity index is 2.75. The smallest absolute Gasteiger partial charge is 0.103 e. The van der Waals surface area contributed by atoms with Crippen LogP contribution in [0.5, 0.6) is 0 Å². The van der Waals surface area contributed by atoms with Crippen LogP contribution < -0.4 is 0 Å². The molecule has 14 heavy (non-hydrogen) atoms. The molecule has 4 nitrogen and oxygen atoms in total. The highest BCUT2D eigenvalue weighted by molar-refractivity contribution is 6.16. The third kappa shape index (κ3) is 2.69. The quantitative estimate of drug-likeness (QED) is 0.684. The highest BCUT2D eigenvalue weighted by Crippen LogP contribution is 2.10. The molecule has 0 aromatic carbocycles. The van der Waals surface area contributed by atoms with E-state index in [0.29, 0.717) is 12.5 Å². The second-order valence-electron chi connectivity index (χ2n) is 3.13. The summed E-state index contributed by atoms with van der Waals surface area (Å²) in [7, 11) is 1.66. The number of methoxy groups -OCH3 is 1. The summed E-state index contributed by atoms with van der Waals surface area (Å²) in [6.45, 7) is 3.56. The van der Waals surface area contributed by atoms with Crippen molar-refractivity contribution < 1.29 is 4.74 Å². The molecule has 0 amide bonds. The standard InChI is InChI=1S/C9H16ClN3O/c1-3-4-5-13-9(7-14-2)8(6-10)11-12-13/h3-7H2,1-2H3. The molecular formula is C9H16ClN3O. The maximum atomic E-state index is 5.74. The van der Waals surface area contributed by atoms with Crippen LogP contribution in [0.1, 0.15) is 31.2 Å². The molecule has 1 aromatic heterocycles. The minimum Gasteiger partial charge on any atom is -0.378 e. The SMILES string of the molecule is CCCCn1nnc(CCl)c1COC. The average Bonchev–Trinajstić information content (AvgIpc) is 2.58. The van der Waals surface area contributed by atoms with Crippen molar-refractivity contribution in [2.24, 2.45) is 0 Å². The van der Waals surface area contributed by atoms with Gasteiger partial charge in [-0.05, 0) is 6.42 Å².